The van der Waals surface area contributed by atoms with E-state index in [-0.39, 0.29) is 35.6 Å². The second-order valence-corrected chi connectivity index (χ2v) is 7.51. The summed E-state index contributed by atoms with van der Waals surface area (Å²) in [6.45, 7) is 0.788. The van der Waals surface area contributed by atoms with E-state index in [2.05, 4.69) is 10.0 Å². The minimum absolute atomic E-state index is 0.00931. The third-order valence-electron chi connectivity index (χ3n) is 4.00. The monoisotopic (exact) mass is 323 g/mol. The van der Waals surface area contributed by atoms with Crippen LogP contribution in [0.1, 0.15) is 12.0 Å². The van der Waals surface area contributed by atoms with Gasteiger partial charge in [0.1, 0.15) is 0 Å². The van der Waals surface area contributed by atoms with Crippen molar-refractivity contribution in [3.63, 3.8) is 0 Å². The number of nitrogens with one attached hydrogen (secondary N) is 2. The van der Waals surface area contributed by atoms with E-state index in [1.165, 1.54) is 12.1 Å². The number of benzene rings is 1. The summed E-state index contributed by atoms with van der Waals surface area (Å²) in [7, 11) is -1.93. The van der Waals surface area contributed by atoms with Gasteiger partial charge in [0.15, 0.2) is 0 Å². The average Bonchev–Trinajstić information content (AvgIpc) is 2.98. The molecule has 118 valence electrons. The molecule has 2 N–H and O–H groups in total. The van der Waals surface area contributed by atoms with Crippen LogP contribution < -0.4 is 10.0 Å². The molecule has 8 heteroatoms. The Morgan fingerprint density at radius 1 is 1.36 bits per heavy atom. The lowest BCUT2D eigenvalue weighted by molar-refractivity contribution is -0.126. The number of likely N-dealkylation sites (tertiary alicyclic amines) is 1. The summed E-state index contributed by atoms with van der Waals surface area (Å²) in [6.07, 6.45) is 0.558. The van der Waals surface area contributed by atoms with E-state index in [4.69, 9.17) is 0 Å². The van der Waals surface area contributed by atoms with E-state index < -0.39 is 10.0 Å². The number of sulfonamides is 1. The van der Waals surface area contributed by atoms with Gasteiger partial charge < -0.3 is 10.2 Å². The number of hydrogen-bond acceptors (Lipinski definition) is 4. The fraction of sp³-hybridized carbons (Fsp3) is 0.429. The summed E-state index contributed by atoms with van der Waals surface area (Å²) in [5.41, 5.74) is 1.34. The molecule has 1 saturated heterocycles. The van der Waals surface area contributed by atoms with Crippen LogP contribution in [-0.4, -0.2) is 45.3 Å². The molecule has 1 unspecified atom stereocenters. The van der Waals surface area contributed by atoms with Crippen LogP contribution >= 0.6 is 0 Å². The van der Waals surface area contributed by atoms with Crippen molar-refractivity contribution in [2.24, 2.45) is 5.92 Å². The van der Waals surface area contributed by atoms with E-state index in [1.807, 2.05) is 0 Å². The van der Waals surface area contributed by atoms with Crippen molar-refractivity contribution in [1.82, 2.24) is 9.62 Å². The van der Waals surface area contributed by atoms with E-state index in [9.17, 15) is 18.0 Å². The van der Waals surface area contributed by atoms with Gasteiger partial charge in [-0.15, -0.1) is 0 Å². The van der Waals surface area contributed by atoms with Crippen molar-refractivity contribution < 1.29 is 18.0 Å². The van der Waals surface area contributed by atoms with Crippen LogP contribution in [0.4, 0.5) is 5.69 Å². The van der Waals surface area contributed by atoms with Gasteiger partial charge in [0.25, 0.3) is 0 Å². The molecule has 7 nitrogen and oxygen atoms in total. The maximum absolute atomic E-state index is 12.3. The van der Waals surface area contributed by atoms with Gasteiger partial charge in [-0.3, -0.25) is 9.59 Å². The second-order valence-electron chi connectivity index (χ2n) is 5.74. The summed E-state index contributed by atoms with van der Waals surface area (Å²) >= 11 is 0. The summed E-state index contributed by atoms with van der Waals surface area (Å²) in [6, 6.07) is 4.59. The van der Waals surface area contributed by atoms with Crippen LogP contribution in [0.3, 0.4) is 0 Å². The first-order valence-corrected chi connectivity index (χ1v) is 8.50. The molecule has 0 spiro atoms. The van der Waals surface area contributed by atoms with E-state index in [0.717, 1.165) is 0 Å². The molecule has 2 aliphatic heterocycles. The summed E-state index contributed by atoms with van der Waals surface area (Å²) < 4.78 is 27.2. The largest absolute Gasteiger partial charge is 0.345 e. The molecule has 2 heterocycles. The van der Waals surface area contributed by atoms with Gasteiger partial charge in [-0.1, -0.05) is 0 Å². The van der Waals surface area contributed by atoms with Crippen LogP contribution in [0, 0.1) is 5.92 Å². The molecule has 1 atom stereocenters. The van der Waals surface area contributed by atoms with Crippen molar-refractivity contribution in [2.45, 2.75) is 17.7 Å². The summed E-state index contributed by atoms with van der Waals surface area (Å²) in [5, 5.41) is 2.67. The highest BCUT2D eigenvalue weighted by atomic mass is 32.2. The van der Waals surface area contributed by atoms with Gasteiger partial charge >= 0.3 is 0 Å². The van der Waals surface area contributed by atoms with Gasteiger partial charge in [0, 0.05) is 32.2 Å². The minimum Gasteiger partial charge on any atom is -0.345 e. The van der Waals surface area contributed by atoms with Gasteiger partial charge in [-0.2, -0.15) is 0 Å². The predicted molar refractivity (Wildman–Crippen MR) is 79.7 cm³/mol. The first kappa shape index (κ1) is 15.0. The first-order chi connectivity index (χ1) is 10.3. The number of fused-ring (bicyclic) bond motifs is 1. The Morgan fingerprint density at radius 2 is 2.14 bits per heavy atom. The molecule has 1 aromatic carbocycles. The quantitative estimate of drug-likeness (QED) is 0.811. The molecule has 0 aromatic heterocycles. The van der Waals surface area contributed by atoms with E-state index >= 15 is 0 Å². The molecular formula is C14H17N3O4S. The molecule has 0 bridgehead atoms. The molecule has 0 saturated carbocycles. The normalized spacial score (nSPS) is 21.1. The highest BCUT2D eigenvalue weighted by Crippen LogP contribution is 2.26. The highest BCUT2D eigenvalue weighted by Gasteiger charge is 2.28. The Morgan fingerprint density at radius 3 is 2.82 bits per heavy atom. The zero-order valence-electron chi connectivity index (χ0n) is 12.1. The topological polar surface area (TPSA) is 95.6 Å². The van der Waals surface area contributed by atoms with Crippen LogP contribution in [0.5, 0.6) is 0 Å². The molecule has 22 heavy (non-hydrogen) atoms. The zero-order chi connectivity index (χ0) is 15.9. The number of nitrogens with zero attached hydrogens (tertiary/aromatic N) is 1. The van der Waals surface area contributed by atoms with Gasteiger partial charge in [-0.05, 0) is 29.7 Å². The molecule has 2 amide bonds. The van der Waals surface area contributed by atoms with Crippen LogP contribution in [-0.2, 0) is 26.0 Å². The van der Waals surface area contributed by atoms with Crippen molar-refractivity contribution in [2.75, 3.05) is 25.5 Å². The lowest BCUT2D eigenvalue weighted by Gasteiger charge is -2.12. The van der Waals surface area contributed by atoms with Crippen molar-refractivity contribution in [3.8, 4) is 0 Å². The lowest BCUT2D eigenvalue weighted by Crippen LogP contribution is -2.30. The van der Waals surface area contributed by atoms with Crippen molar-refractivity contribution in [3.05, 3.63) is 23.8 Å². The Labute approximate surface area is 128 Å². The Hall–Kier alpha value is -1.93. The molecule has 2 aliphatic rings. The molecule has 0 aliphatic carbocycles. The Balaban J connectivity index is 1.70. The molecule has 1 aromatic rings. The SMILES string of the molecule is CN1CC(CNS(=O)(=O)c2ccc3c(c2)CC(=O)N3)CC1=O. The first-order valence-electron chi connectivity index (χ1n) is 7.01. The standard InChI is InChI=1S/C14H17N3O4S/c1-17-8-9(4-14(17)19)7-15-22(20,21)11-2-3-12-10(5-11)6-13(18)16-12/h2-3,5,9,15H,4,6-8H2,1H3,(H,16,18). The third kappa shape index (κ3) is 2.84. The zero-order valence-corrected chi connectivity index (χ0v) is 12.9. The number of carbonyl (C=O) groups is 2. The molecule has 0 radical (unpaired) electrons. The number of carbonyl (C=O) groups excluding carboxylic acids is 2. The van der Waals surface area contributed by atoms with E-state index in [0.29, 0.717) is 24.2 Å². The van der Waals surface area contributed by atoms with Gasteiger partial charge in [-0.25, -0.2) is 13.1 Å². The van der Waals surface area contributed by atoms with Gasteiger partial charge in [0.05, 0.1) is 11.3 Å². The predicted octanol–water partition coefficient (Wildman–Crippen LogP) is -0.0622. The van der Waals surface area contributed by atoms with Crippen LogP contribution in [0.2, 0.25) is 0 Å². The smallest absolute Gasteiger partial charge is 0.240 e. The summed E-state index contributed by atoms with van der Waals surface area (Å²) in [5.74, 6) is -0.110. The maximum atomic E-state index is 12.3. The number of rotatable bonds is 4. The van der Waals surface area contributed by atoms with Crippen LogP contribution in [0.25, 0.3) is 0 Å². The Bertz CT molecular complexity index is 744. The fourth-order valence-corrected chi connectivity index (χ4v) is 3.94. The van der Waals surface area contributed by atoms with Crippen LogP contribution in [0.15, 0.2) is 23.1 Å². The lowest BCUT2D eigenvalue weighted by atomic mass is 10.1. The Kier molecular flexibility index (Phi) is 3.65. The number of amides is 2. The van der Waals surface area contributed by atoms with Crippen molar-refractivity contribution >= 4 is 27.5 Å². The molecular weight excluding hydrogens is 306 g/mol. The summed E-state index contributed by atoms with van der Waals surface area (Å²) in [4.78, 5) is 24.5. The highest BCUT2D eigenvalue weighted by molar-refractivity contribution is 7.89. The minimum atomic E-state index is -3.64. The van der Waals surface area contributed by atoms with E-state index in [1.54, 1.807) is 18.0 Å². The maximum Gasteiger partial charge on any atom is 0.240 e. The number of hydrogen-bond donors (Lipinski definition) is 2. The second kappa shape index (κ2) is 5.36. The molecule has 1 fully saturated rings. The fourth-order valence-electron chi connectivity index (χ4n) is 2.78. The van der Waals surface area contributed by atoms with Gasteiger partial charge in [0.2, 0.25) is 21.8 Å². The van der Waals surface area contributed by atoms with Crippen molar-refractivity contribution in [1.29, 1.82) is 0 Å². The average molecular weight is 323 g/mol. The molecule has 3 rings (SSSR count). The number of anilines is 1. The third-order valence-corrected chi connectivity index (χ3v) is 5.42.